The van der Waals surface area contributed by atoms with Crippen LogP contribution in [0.2, 0.25) is 0 Å². The quantitative estimate of drug-likeness (QED) is 0.889. The lowest BCUT2D eigenvalue weighted by atomic mass is 9.98. The molecule has 3 heteroatoms. The van der Waals surface area contributed by atoms with Crippen LogP contribution in [0, 0.1) is 5.92 Å². The van der Waals surface area contributed by atoms with Crippen LogP contribution >= 0.6 is 0 Å². The van der Waals surface area contributed by atoms with E-state index < -0.39 is 0 Å². The smallest absolute Gasteiger partial charge is 0.241 e. The second-order valence-corrected chi connectivity index (χ2v) is 5.25. The molecule has 0 aromatic heterocycles. The predicted octanol–water partition coefficient (Wildman–Crippen LogP) is 2.75. The Labute approximate surface area is 109 Å². The molecule has 1 heterocycles. The summed E-state index contributed by atoms with van der Waals surface area (Å²) in [5, 5.41) is 2.97. The van der Waals surface area contributed by atoms with Gasteiger partial charge >= 0.3 is 0 Å². The monoisotopic (exact) mass is 246 g/mol. The molecule has 1 amide bonds. The second-order valence-electron chi connectivity index (χ2n) is 5.25. The Kier molecular flexibility index (Phi) is 4.37. The van der Waals surface area contributed by atoms with Crippen molar-refractivity contribution in [3.63, 3.8) is 0 Å². The van der Waals surface area contributed by atoms with Crippen molar-refractivity contribution in [1.29, 1.82) is 0 Å². The zero-order chi connectivity index (χ0) is 13.0. The molecule has 98 valence electrons. The minimum atomic E-state index is -0.0438. The maximum absolute atomic E-state index is 12.1. The van der Waals surface area contributed by atoms with Gasteiger partial charge in [0.25, 0.3) is 0 Å². The zero-order valence-corrected chi connectivity index (χ0v) is 11.2. The van der Waals surface area contributed by atoms with Gasteiger partial charge in [0.1, 0.15) is 0 Å². The third kappa shape index (κ3) is 3.33. The molecule has 1 aliphatic rings. The summed E-state index contributed by atoms with van der Waals surface area (Å²) in [6.07, 6.45) is 2.39. The summed E-state index contributed by atoms with van der Waals surface area (Å²) >= 11 is 0. The van der Waals surface area contributed by atoms with Gasteiger partial charge in [0.05, 0.1) is 6.04 Å². The van der Waals surface area contributed by atoms with E-state index in [1.165, 1.54) is 12.8 Å². The molecule has 0 aliphatic carbocycles. The highest BCUT2D eigenvalue weighted by Gasteiger charge is 2.24. The van der Waals surface area contributed by atoms with Crippen molar-refractivity contribution >= 4 is 11.6 Å². The van der Waals surface area contributed by atoms with E-state index in [2.05, 4.69) is 17.1 Å². The zero-order valence-electron chi connectivity index (χ0n) is 11.2. The Morgan fingerprint density at radius 1 is 1.28 bits per heavy atom. The summed E-state index contributed by atoms with van der Waals surface area (Å²) in [5.74, 6) is 0.890. The fraction of sp³-hybridized carbons (Fsp3) is 0.533. The van der Waals surface area contributed by atoms with Crippen molar-refractivity contribution in [2.75, 3.05) is 18.4 Å². The molecule has 3 nitrogen and oxygen atoms in total. The minimum Gasteiger partial charge on any atom is -0.325 e. The Hall–Kier alpha value is -1.35. The molecule has 1 N–H and O–H groups in total. The van der Waals surface area contributed by atoms with Gasteiger partial charge < -0.3 is 5.32 Å². The first-order valence-corrected chi connectivity index (χ1v) is 6.77. The summed E-state index contributed by atoms with van der Waals surface area (Å²) in [7, 11) is 0. The van der Waals surface area contributed by atoms with E-state index in [0.717, 1.165) is 24.7 Å². The topological polar surface area (TPSA) is 32.3 Å². The first kappa shape index (κ1) is 13.1. The van der Waals surface area contributed by atoms with Gasteiger partial charge in [-0.3, -0.25) is 9.69 Å². The maximum atomic E-state index is 12.1. The van der Waals surface area contributed by atoms with Gasteiger partial charge in [-0.1, -0.05) is 25.1 Å². The molecule has 1 aromatic rings. The van der Waals surface area contributed by atoms with Crippen LogP contribution in [0.1, 0.15) is 26.7 Å². The van der Waals surface area contributed by atoms with Gasteiger partial charge in [-0.15, -0.1) is 0 Å². The van der Waals surface area contributed by atoms with E-state index in [-0.39, 0.29) is 11.9 Å². The average molecular weight is 246 g/mol. The highest BCUT2D eigenvalue weighted by molar-refractivity contribution is 5.94. The van der Waals surface area contributed by atoms with Crippen molar-refractivity contribution in [3.05, 3.63) is 30.3 Å². The molecule has 1 unspecified atom stereocenters. The van der Waals surface area contributed by atoms with Crippen molar-refractivity contribution in [3.8, 4) is 0 Å². The molecular formula is C15H22N2O. The average Bonchev–Trinajstić information content (AvgIpc) is 2.40. The van der Waals surface area contributed by atoms with Crippen molar-refractivity contribution < 1.29 is 4.79 Å². The number of hydrogen-bond acceptors (Lipinski definition) is 2. The van der Waals surface area contributed by atoms with E-state index in [9.17, 15) is 4.79 Å². The summed E-state index contributed by atoms with van der Waals surface area (Å²) in [5.41, 5.74) is 0.875. The van der Waals surface area contributed by atoms with Crippen LogP contribution in [-0.4, -0.2) is 29.9 Å². The van der Waals surface area contributed by atoms with Crippen LogP contribution in [0.4, 0.5) is 5.69 Å². The van der Waals surface area contributed by atoms with Crippen LogP contribution < -0.4 is 5.32 Å². The third-order valence-electron chi connectivity index (χ3n) is 3.79. The number of nitrogens with zero attached hydrogens (tertiary/aromatic N) is 1. The van der Waals surface area contributed by atoms with Gasteiger partial charge in [0, 0.05) is 5.69 Å². The normalized spacial score (nSPS) is 19.4. The van der Waals surface area contributed by atoms with Crippen molar-refractivity contribution in [2.24, 2.45) is 5.92 Å². The molecule has 1 aromatic carbocycles. The van der Waals surface area contributed by atoms with Crippen LogP contribution in [-0.2, 0) is 4.79 Å². The largest absolute Gasteiger partial charge is 0.325 e. The number of para-hydroxylation sites is 1. The van der Waals surface area contributed by atoms with E-state index in [1.807, 2.05) is 37.3 Å². The summed E-state index contributed by atoms with van der Waals surface area (Å²) in [6.45, 7) is 6.34. The van der Waals surface area contributed by atoms with Gasteiger partial charge in [0.2, 0.25) is 5.91 Å². The van der Waals surface area contributed by atoms with Gasteiger partial charge in [-0.2, -0.15) is 0 Å². The van der Waals surface area contributed by atoms with E-state index in [4.69, 9.17) is 0 Å². The third-order valence-corrected chi connectivity index (χ3v) is 3.79. The first-order chi connectivity index (χ1) is 8.66. The van der Waals surface area contributed by atoms with Crippen LogP contribution in [0.3, 0.4) is 0 Å². The van der Waals surface area contributed by atoms with E-state index in [1.54, 1.807) is 0 Å². The molecule has 1 atom stereocenters. The second kappa shape index (κ2) is 6.01. The standard InChI is InChI=1S/C15H22N2O/c1-12-8-10-17(11-9-12)13(2)15(18)16-14-6-4-3-5-7-14/h3-7,12-13H,8-11H2,1-2H3,(H,16,18). The van der Waals surface area contributed by atoms with Crippen LogP contribution in [0.5, 0.6) is 0 Å². The Balaban J connectivity index is 1.89. The number of carbonyl (C=O) groups is 1. The lowest BCUT2D eigenvalue weighted by Gasteiger charge is -2.34. The molecule has 18 heavy (non-hydrogen) atoms. The van der Waals surface area contributed by atoms with Crippen LogP contribution in [0.25, 0.3) is 0 Å². The van der Waals surface area contributed by atoms with Crippen molar-refractivity contribution in [1.82, 2.24) is 4.90 Å². The predicted molar refractivity (Wildman–Crippen MR) is 74.5 cm³/mol. The highest BCUT2D eigenvalue weighted by atomic mass is 16.2. The van der Waals surface area contributed by atoms with Gasteiger partial charge in [-0.25, -0.2) is 0 Å². The molecule has 1 fully saturated rings. The number of benzene rings is 1. The fourth-order valence-corrected chi connectivity index (χ4v) is 2.35. The summed E-state index contributed by atoms with van der Waals surface area (Å²) < 4.78 is 0. The highest BCUT2D eigenvalue weighted by Crippen LogP contribution is 2.18. The number of carbonyl (C=O) groups excluding carboxylic acids is 1. The van der Waals surface area contributed by atoms with Gasteiger partial charge in [-0.05, 0) is 50.9 Å². The number of amides is 1. The molecule has 0 spiro atoms. The fourth-order valence-electron chi connectivity index (χ4n) is 2.35. The minimum absolute atomic E-state index is 0.0438. The number of anilines is 1. The number of likely N-dealkylation sites (tertiary alicyclic amines) is 1. The molecule has 2 rings (SSSR count). The maximum Gasteiger partial charge on any atom is 0.241 e. The number of nitrogens with one attached hydrogen (secondary N) is 1. The van der Waals surface area contributed by atoms with E-state index in [0.29, 0.717) is 0 Å². The number of hydrogen-bond donors (Lipinski definition) is 1. The molecule has 0 bridgehead atoms. The molecule has 0 saturated carbocycles. The molecule has 1 saturated heterocycles. The summed E-state index contributed by atoms with van der Waals surface area (Å²) in [4.78, 5) is 14.4. The Morgan fingerprint density at radius 2 is 1.89 bits per heavy atom. The lowest BCUT2D eigenvalue weighted by molar-refractivity contribution is -0.121. The summed E-state index contributed by atoms with van der Waals surface area (Å²) in [6, 6.07) is 9.61. The van der Waals surface area contributed by atoms with Crippen molar-refractivity contribution in [2.45, 2.75) is 32.7 Å². The lowest BCUT2D eigenvalue weighted by Crippen LogP contribution is -2.45. The Bertz CT molecular complexity index is 383. The molecule has 1 aliphatic heterocycles. The first-order valence-electron chi connectivity index (χ1n) is 6.77. The van der Waals surface area contributed by atoms with Crippen LogP contribution in [0.15, 0.2) is 30.3 Å². The molecule has 0 radical (unpaired) electrons. The number of piperidine rings is 1. The molecular weight excluding hydrogens is 224 g/mol. The van der Waals surface area contributed by atoms with Gasteiger partial charge in [0.15, 0.2) is 0 Å². The van der Waals surface area contributed by atoms with E-state index >= 15 is 0 Å². The SMILES string of the molecule is CC1CCN(C(C)C(=O)Nc2ccccc2)CC1. The Morgan fingerprint density at radius 3 is 2.50 bits per heavy atom. The number of rotatable bonds is 3.